The van der Waals surface area contributed by atoms with Crippen LogP contribution in [-0.4, -0.2) is 36.3 Å². The van der Waals surface area contributed by atoms with Gasteiger partial charge in [-0.1, -0.05) is 0 Å². The van der Waals surface area contributed by atoms with Crippen molar-refractivity contribution >= 4 is 11.8 Å². The zero-order valence-corrected chi connectivity index (χ0v) is 11.9. The van der Waals surface area contributed by atoms with Crippen LogP contribution in [0.5, 0.6) is 0 Å². The topological polar surface area (TPSA) is 59.1 Å². The smallest absolute Gasteiger partial charge is 0.224 e. The number of nitrogens with one attached hydrogen (secondary N) is 2. The minimum atomic E-state index is 0.681. The van der Waals surface area contributed by atoms with Gasteiger partial charge in [0.25, 0.3) is 0 Å². The monoisotopic (exact) mass is 264 g/mol. The van der Waals surface area contributed by atoms with Crippen LogP contribution in [0.2, 0.25) is 0 Å². The zero-order valence-electron chi connectivity index (χ0n) is 11.9. The van der Waals surface area contributed by atoms with E-state index in [2.05, 4.69) is 20.6 Å². The van der Waals surface area contributed by atoms with Crippen LogP contribution in [0.25, 0.3) is 0 Å². The van der Waals surface area contributed by atoms with Crippen molar-refractivity contribution < 1.29 is 4.74 Å². The number of aromatic nitrogens is 2. The van der Waals surface area contributed by atoms with E-state index < -0.39 is 0 Å². The quantitative estimate of drug-likeness (QED) is 0.671. The Bertz CT molecular complexity index is 393. The molecule has 106 valence electrons. The molecule has 2 rings (SSSR count). The minimum absolute atomic E-state index is 0.681. The van der Waals surface area contributed by atoms with E-state index in [0.29, 0.717) is 5.95 Å². The highest BCUT2D eigenvalue weighted by molar-refractivity contribution is 5.46. The van der Waals surface area contributed by atoms with Gasteiger partial charge >= 0.3 is 0 Å². The zero-order chi connectivity index (χ0) is 13.5. The van der Waals surface area contributed by atoms with Crippen molar-refractivity contribution in [3.63, 3.8) is 0 Å². The molecule has 0 aromatic carbocycles. The maximum Gasteiger partial charge on any atom is 0.224 e. The van der Waals surface area contributed by atoms with E-state index in [-0.39, 0.29) is 0 Å². The highest BCUT2D eigenvalue weighted by Crippen LogP contribution is 2.28. The third-order valence-electron chi connectivity index (χ3n) is 3.11. The van der Waals surface area contributed by atoms with Crippen LogP contribution in [0.1, 0.15) is 31.7 Å². The highest BCUT2D eigenvalue weighted by Gasteiger charge is 2.20. The Hall–Kier alpha value is -1.36. The molecule has 0 saturated heterocycles. The molecule has 0 aliphatic heterocycles. The van der Waals surface area contributed by atoms with E-state index in [1.54, 1.807) is 0 Å². The van der Waals surface area contributed by atoms with Crippen LogP contribution in [0.3, 0.4) is 0 Å². The lowest BCUT2D eigenvalue weighted by atomic mass is 10.3. The average Bonchev–Trinajstić information content (AvgIpc) is 3.21. The van der Waals surface area contributed by atoms with E-state index in [4.69, 9.17) is 4.74 Å². The molecule has 2 N–H and O–H groups in total. The maximum absolute atomic E-state index is 5.60. The lowest BCUT2D eigenvalue weighted by molar-refractivity contribution is 0.124. The van der Waals surface area contributed by atoms with Crippen molar-refractivity contribution in [2.24, 2.45) is 5.92 Å². The Labute approximate surface area is 115 Å². The number of ether oxygens (including phenoxy) is 1. The summed E-state index contributed by atoms with van der Waals surface area (Å²) in [6.45, 7) is 7.53. The van der Waals surface area contributed by atoms with Crippen LogP contribution >= 0.6 is 0 Å². The second-order valence-electron chi connectivity index (χ2n) is 5.05. The molecule has 1 aliphatic carbocycles. The van der Waals surface area contributed by atoms with Gasteiger partial charge in [0.2, 0.25) is 5.95 Å². The second-order valence-corrected chi connectivity index (χ2v) is 5.05. The van der Waals surface area contributed by atoms with Gasteiger partial charge in [0.05, 0.1) is 0 Å². The number of aryl methyl sites for hydroxylation is 1. The summed E-state index contributed by atoms with van der Waals surface area (Å²) in [5.74, 6) is 2.44. The highest BCUT2D eigenvalue weighted by atomic mass is 16.5. The van der Waals surface area contributed by atoms with Gasteiger partial charge in [-0.3, -0.25) is 0 Å². The van der Waals surface area contributed by atoms with Crippen molar-refractivity contribution in [1.82, 2.24) is 9.97 Å². The fourth-order valence-electron chi connectivity index (χ4n) is 1.78. The number of nitrogens with zero attached hydrogens (tertiary/aromatic N) is 2. The first-order valence-corrected chi connectivity index (χ1v) is 7.18. The Morgan fingerprint density at radius 2 is 2.21 bits per heavy atom. The van der Waals surface area contributed by atoms with Gasteiger partial charge in [-0.05, 0) is 39.0 Å². The summed E-state index contributed by atoms with van der Waals surface area (Å²) in [6.07, 6.45) is 5.56. The van der Waals surface area contributed by atoms with Crippen LogP contribution in [0.4, 0.5) is 11.8 Å². The molecule has 19 heavy (non-hydrogen) atoms. The van der Waals surface area contributed by atoms with Gasteiger partial charge in [-0.15, -0.1) is 0 Å². The van der Waals surface area contributed by atoms with Crippen molar-refractivity contribution in [2.75, 3.05) is 36.9 Å². The van der Waals surface area contributed by atoms with Crippen molar-refractivity contribution in [2.45, 2.75) is 33.1 Å². The molecule has 1 aromatic rings. The summed E-state index contributed by atoms with van der Waals surface area (Å²) in [6, 6.07) is 0. The van der Waals surface area contributed by atoms with Gasteiger partial charge in [0.1, 0.15) is 5.82 Å². The predicted molar refractivity (Wildman–Crippen MR) is 77.6 cm³/mol. The van der Waals surface area contributed by atoms with Gasteiger partial charge in [0, 0.05) is 38.1 Å². The molecular formula is C14H24N4O. The number of rotatable bonds is 9. The number of hydrogen-bond donors (Lipinski definition) is 2. The molecule has 1 aromatic heterocycles. The Balaban J connectivity index is 1.66. The van der Waals surface area contributed by atoms with Crippen molar-refractivity contribution in [1.29, 1.82) is 0 Å². The van der Waals surface area contributed by atoms with E-state index in [1.807, 2.05) is 20.0 Å². The van der Waals surface area contributed by atoms with Crippen LogP contribution in [0.15, 0.2) is 6.20 Å². The molecule has 0 atom stereocenters. The summed E-state index contributed by atoms with van der Waals surface area (Å²) in [5.41, 5.74) is 1.07. The first kappa shape index (κ1) is 14.1. The third kappa shape index (κ3) is 5.03. The molecule has 1 saturated carbocycles. The molecule has 1 aliphatic rings. The predicted octanol–water partition coefficient (Wildman–Crippen LogP) is 2.45. The fourth-order valence-corrected chi connectivity index (χ4v) is 1.78. The largest absolute Gasteiger partial charge is 0.381 e. The van der Waals surface area contributed by atoms with E-state index in [1.165, 1.54) is 12.8 Å². The van der Waals surface area contributed by atoms with Crippen molar-refractivity contribution in [3.05, 3.63) is 11.8 Å². The van der Waals surface area contributed by atoms with Crippen LogP contribution in [-0.2, 0) is 4.74 Å². The standard InChI is InChI=1S/C14H24N4O/c1-3-15-14-17-9-11(2)13(18-14)16-7-4-8-19-10-12-5-6-12/h9,12H,3-8,10H2,1-2H3,(H2,15,16,17,18). The molecule has 1 heterocycles. The number of anilines is 2. The lowest BCUT2D eigenvalue weighted by Gasteiger charge is -2.10. The third-order valence-corrected chi connectivity index (χ3v) is 3.11. The molecule has 0 spiro atoms. The Morgan fingerprint density at radius 3 is 2.95 bits per heavy atom. The average molecular weight is 264 g/mol. The van der Waals surface area contributed by atoms with Gasteiger partial charge in [0.15, 0.2) is 0 Å². The molecule has 0 amide bonds. The van der Waals surface area contributed by atoms with Gasteiger partial charge in [-0.2, -0.15) is 4.98 Å². The Morgan fingerprint density at radius 1 is 1.37 bits per heavy atom. The van der Waals surface area contributed by atoms with Crippen LogP contribution < -0.4 is 10.6 Å². The minimum Gasteiger partial charge on any atom is -0.381 e. The molecule has 1 fully saturated rings. The number of hydrogen-bond acceptors (Lipinski definition) is 5. The summed E-state index contributed by atoms with van der Waals surface area (Å²) in [7, 11) is 0. The summed E-state index contributed by atoms with van der Waals surface area (Å²) >= 11 is 0. The van der Waals surface area contributed by atoms with Gasteiger partial charge in [-0.25, -0.2) is 4.98 Å². The molecule has 0 radical (unpaired) electrons. The normalized spacial score (nSPS) is 14.4. The summed E-state index contributed by atoms with van der Waals surface area (Å²) in [5, 5.41) is 6.46. The molecule has 5 heteroatoms. The van der Waals surface area contributed by atoms with E-state index in [9.17, 15) is 0 Å². The van der Waals surface area contributed by atoms with Crippen molar-refractivity contribution in [3.8, 4) is 0 Å². The molecule has 0 bridgehead atoms. The summed E-state index contributed by atoms with van der Waals surface area (Å²) < 4.78 is 5.60. The molecular weight excluding hydrogens is 240 g/mol. The second kappa shape index (κ2) is 7.28. The first-order chi connectivity index (χ1) is 9.29. The van der Waals surface area contributed by atoms with E-state index >= 15 is 0 Å². The molecule has 5 nitrogen and oxygen atoms in total. The van der Waals surface area contributed by atoms with Gasteiger partial charge < -0.3 is 15.4 Å². The SMILES string of the molecule is CCNc1ncc(C)c(NCCCOCC2CC2)n1. The van der Waals surface area contributed by atoms with Crippen LogP contribution in [0, 0.1) is 12.8 Å². The first-order valence-electron chi connectivity index (χ1n) is 7.18. The maximum atomic E-state index is 5.60. The fraction of sp³-hybridized carbons (Fsp3) is 0.714. The summed E-state index contributed by atoms with van der Waals surface area (Å²) in [4.78, 5) is 8.67. The molecule has 0 unspecified atom stereocenters. The lowest BCUT2D eigenvalue weighted by Crippen LogP contribution is -2.11. The Kier molecular flexibility index (Phi) is 5.39. The van der Waals surface area contributed by atoms with E-state index in [0.717, 1.165) is 50.0 Å².